The van der Waals surface area contributed by atoms with Gasteiger partial charge >= 0.3 is 0 Å². The maximum atomic E-state index is 12.5. The van der Waals surface area contributed by atoms with Gasteiger partial charge in [-0.2, -0.15) is 0 Å². The van der Waals surface area contributed by atoms with Crippen LogP contribution in [-0.2, 0) is 0 Å². The number of amides is 1. The van der Waals surface area contributed by atoms with Gasteiger partial charge in [-0.3, -0.25) is 14.8 Å². The van der Waals surface area contributed by atoms with Crippen molar-refractivity contribution in [3.05, 3.63) is 60.5 Å². The van der Waals surface area contributed by atoms with Crippen LogP contribution in [0, 0.1) is 0 Å². The molecule has 4 heterocycles. The molecule has 0 spiro atoms. The molecule has 1 aliphatic rings. The van der Waals surface area contributed by atoms with Crippen LogP contribution in [0.2, 0.25) is 0 Å². The molecule has 0 radical (unpaired) electrons. The first kappa shape index (κ1) is 14.5. The van der Waals surface area contributed by atoms with Crippen molar-refractivity contribution in [3.8, 4) is 11.5 Å². The molecular weight excluding hydrogens is 306 g/mol. The van der Waals surface area contributed by atoms with Gasteiger partial charge in [-0.05, 0) is 30.7 Å². The van der Waals surface area contributed by atoms with Gasteiger partial charge in [0, 0.05) is 37.9 Å². The minimum atomic E-state index is -0.0161. The molecule has 4 rings (SSSR count). The molecule has 0 saturated carbocycles. The molecule has 1 atom stereocenters. The number of nitrogens with zero attached hydrogens (tertiary/aromatic N) is 5. The Kier molecular flexibility index (Phi) is 3.74. The quantitative estimate of drug-likeness (QED) is 0.735. The van der Waals surface area contributed by atoms with Gasteiger partial charge in [0.15, 0.2) is 0 Å². The fourth-order valence-corrected chi connectivity index (χ4v) is 2.82. The van der Waals surface area contributed by atoms with Gasteiger partial charge in [0.1, 0.15) is 0 Å². The van der Waals surface area contributed by atoms with Crippen LogP contribution >= 0.6 is 0 Å². The fraction of sp³-hybridized carbons (Fsp3) is 0.235. The molecule has 0 aliphatic carbocycles. The van der Waals surface area contributed by atoms with Crippen LogP contribution in [0.3, 0.4) is 0 Å². The SMILES string of the molecule is O=C(c1cccnc1)N1CC[C@H](c2nnc(-c3cccnc3)o2)C1. The number of hydrogen-bond donors (Lipinski definition) is 0. The summed E-state index contributed by atoms with van der Waals surface area (Å²) in [5, 5.41) is 8.24. The smallest absolute Gasteiger partial charge is 0.255 e. The van der Waals surface area contributed by atoms with Gasteiger partial charge in [-0.25, -0.2) is 0 Å². The van der Waals surface area contributed by atoms with E-state index in [4.69, 9.17) is 4.42 Å². The van der Waals surface area contributed by atoms with E-state index in [9.17, 15) is 4.79 Å². The highest BCUT2D eigenvalue weighted by atomic mass is 16.4. The minimum absolute atomic E-state index is 0.0161. The van der Waals surface area contributed by atoms with E-state index < -0.39 is 0 Å². The lowest BCUT2D eigenvalue weighted by Crippen LogP contribution is -2.28. The van der Waals surface area contributed by atoms with Crippen molar-refractivity contribution in [2.75, 3.05) is 13.1 Å². The molecule has 120 valence electrons. The van der Waals surface area contributed by atoms with E-state index in [0.29, 0.717) is 30.4 Å². The largest absolute Gasteiger partial charge is 0.420 e. The zero-order valence-electron chi connectivity index (χ0n) is 12.9. The van der Waals surface area contributed by atoms with Crippen molar-refractivity contribution < 1.29 is 9.21 Å². The Morgan fingerprint density at radius 1 is 1.12 bits per heavy atom. The van der Waals surface area contributed by atoms with Gasteiger partial charge < -0.3 is 9.32 Å². The number of rotatable bonds is 3. The van der Waals surface area contributed by atoms with Crippen LogP contribution < -0.4 is 0 Å². The molecule has 0 unspecified atom stereocenters. The van der Waals surface area contributed by atoms with E-state index in [2.05, 4.69) is 20.2 Å². The summed E-state index contributed by atoms with van der Waals surface area (Å²) in [4.78, 5) is 22.3. The Balaban J connectivity index is 1.48. The van der Waals surface area contributed by atoms with Gasteiger partial charge in [0.05, 0.1) is 17.0 Å². The molecule has 1 fully saturated rings. The van der Waals surface area contributed by atoms with Crippen LogP contribution in [0.5, 0.6) is 0 Å². The molecule has 7 heteroatoms. The van der Waals surface area contributed by atoms with Crippen molar-refractivity contribution in [1.29, 1.82) is 0 Å². The molecule has 0 aromatic carbocycles. The van der Waals surface area contributed by atoms with Crippen LogP contribution in [-0.4, -0.2) is 44.1 Å². The summed E-state index contributed by atoms with van der Waals surface area (Å²) in [6, 6.07) is 7.23. The molecule has 1 amide bonds. The van der Waals surface area contributed by atoms with Gasteiger partial charge in [-0.1, -0.05) is 0 Å². The molecule has 3 aromatic heterocycles. The summed E-state index contributed by atoms with van der Waals surface area (Å²) in [5.74, 6) is 1.06. The van der Waals surface area contributed by atoms with Crippen molar-refractivity contribution in [2.24, 2.45) is 0 Å². The maximum Gasteiger partial charge on any atom is 0.255 e. The molecule has 24 heavy (non-hydrogen) atoms. The van der Waals surface area contributed by atoms with Gasteiger partial charge in [0.25, 0.3) is 5.91 Å². The minimum Gasteiger partial charge on any atom is -0.420 e. The third-order valence-electron chi connectivity index (χ3n) is 4.08. The zero-order valence-corrected chi connectivity index (χ0v) is 12.9. The first-order valence-corrected chi connectivity index (χ1v) is 7.74. The van der Waals surface area contributed by atoms with Crippen LogP contribution in [0.25, 0.3) is 11.5 Å². The molecule has 7 nitrogen and oxygen atoms in total. The lowest BCUT2D eigenvalue weighted by Gasteiger charge is -2.15. The van der Waals surface area contributed by atoms with Crippen molar-refractivity contribution >= 4 is 5.91 Å². The normalized spacial score (nSPS) is 17.2. The number of carbonyl (C=O) groups excluding carboxylic acids is 1. The molecule has 1 aliphatic heterocycles. The van der Waals surface area contributed by atoms with E-state index in [0.717, 1.165) is 12.0 Å². The second kappa shape index (κ2) is 6.19. The summed E-state index contributed by atoms with van der Waals surface area (Å²) in [6.45, 7) is 1.24. The highest BCUT2D eigenvalue weighted by Crippen LogP contribution is 2.29. The topological polar surface area (TPSA) is 85.0 Å². The second-order valence-corrected chi connectivity index (χ2v) is 5.67. The average molecular weight is 321 g/mol. The predicted octanol–water partition coefficient (Wildman–Crippen LogP) is 2.16. The van der Waals surface area contributed by atoms with Crippen LogP contribution in [0.4, 0.5) is 0 Å². The fourth-order valence-electron chi connectivity index (χ4n) is 2.82. The van der Waals surface area contributed by atoms with Crippen molar-refractivity contribution in [2.45, 2.75) is 12.3 Å². The summed E-state index contributed by atoms with van der Waals surface area (Å²) in [6.07, 6.45) is 7.43. The maximum absolute atomic E-state index is 12.5. The van der Waals surface area contributed by atoms with E-state index in [1.807, 2.05) is 12.1 Å². The van der Waals surface area contributed by atoms with Crippen molar-refractivity contribution in [3.63, 3.8) is 0 Å². The van der Waals surface area contributed by atoms with Gasteiger partial charge in [0.2, 0.25) is 11.8 Å². The Labute approximate surface area is 138 Å². The lowest BCUT2D eigenvalue weighted by molar-refractivity contribution is 0.0789. The van der Waals surface area contributed by atoms with E-state index in [1.165, 1.54) is 0 Å². The highest BCUT2D eigenvalue weighted by Gasteiger charge is 2.31. The first-order chi connectivity index (χ1) is 11.8. The third-order valence-corrected chi connectivity index (χ3v) is 4.08. The average Bonchev–Trinajstić information content (AvgIpc) is 3.32. The Hall–Kier alpha value is -3.09. The summed E-state index contributed by atoms with van der Waals surface area (Å²) in [7, 11) is 0. The molecule has 0 bridgehead atoms. The predicted molar refractivity (Wildman–Crippen MR) is 85.0 cm³/mol. The van der Waals surface area contributed by atoms with Gasteiger partial charge in [-0.15, -0.1) is 10.2 Å². The van der Waals surface area contributed by atoms with Crippen molar-refractivity contribution in [1.82, 2.24) is 25.1 Å². The number of likely N-dealkylation sites (tertiary alicyclic amines) is 1. The monoisotopic (exact) mass is 321 g/mol. The molecule has 3 aromatic rings. The summed E-state index contributed by atoms with van der Waals surface area (Å²) >= 11 is 0. The molecule has 1 saturated heterocycles. The standard InChI is InChI=1S/C17H15N5O2/c23-17(13-4-2-7-19-10-13)22-8-5-14(11-22)16-21-20-15(24-16)12-3-1-6-18-9-12/h1-4,6-7,9-10,14H,5,8,11H2/t14-/m0/s1. The second-order valence-electron chi connectivity index (χ2n) is 5.67. The van der Waals surface area contributed by atoms with Crippen LogP contribution in [0.1, 0.15) is 28.6 Å². The number of hydrogen-bond acceptors (Lipinski definition) is 6. The van der Waals surface area contributed by atoms with E-state index in [-0.39, 0.29) is 11.8 Å². The Morgan fingerprint density at radius 3 is 2.71 bits per heavy atom. The van der Waals surface area contributed by atoms with Crippen LogP contribution in [0.15, 0.2) is 53.5 Å². The molecular formula is C17H15N5O2. The number of carbonyl (C=O) groups is 1. The van der Waals surface area contributed by atoms with E-state index >= 15 is 0 Å². The number of pyridine rings is 2. The third kappa shape index (κ3) is 2.76. The van der Waals surface area contributed by atoms with E-state index in [1.54, 1.807) is 41.8 Å². The highest BCUT2D eigenvalue weighted by molar-refractivity contribution is 5.94. The Morgan fingerprint density at radius 2 is 1.96 bits per heavy atom. The Bertz CT molecular complexity index is 834. The lowest BCUT2D eigenvalue weighted by atomic mass is 10.1. The summed E-state index contributed by atoms with van der Waals surface area (Å²) in [5.41, 5.74) is 1.39. The summed E-state index contributed by atoms with van der Waals surface area (Å²) < 4.78 is 5.77. The zero-order chi connectivity index (χ0) is 16.4. The first-order valence-electron chi connectivity index (χ1n) is 7.74. The number of aromatic nitrogens is 4. The molecule has 0 N–H and O–H groups in total.